The molecule has 0 spiro atoms. The van der Waals surface area contributed by atoms with Gasteiger partial charge in [0.05, 0.1) is 24.2 Å². The molecule has 0 aliphatic heterocycles. The largest absolute Gasteiger partial charge is 0.462 e. The number of carbonyl (C=O) groups is 3. The third kappa shape index (κ3) is 11.4. The van der Waals surface area contributed by atoms with Crippen molar-refractivity contribution >= 4 is 52.7 Å². The molecule has 0 saturated heterocycles. The Kier molecular flexibility index (Phi) is 14.3. The molecule has 5 aromatic rings. The van der Waals surface area contributed by atoms with E-state index in [1.54, 1.807) is 97.3 Å². The van der Waals surface area contributed by atoms with Gasteiger partial charge in [-0.2, -0.15) is 0 Å². The van der Waals surface area contributed by atoms with Gasteiger partial charge in [-0.3, -0.25) is 19.8 Å². The van der Waals surface area contributed by atoms with Gasteiger partial charge in [0.15, 0.2) is 16.8 Å². The number of pyridine rings is 2. The van der Waals surface area contributed by atoms with Crippen molar-refractivity contribution < 1.29 is 37.4 Å². The van der Waals surface area contributed by atoms with E-state index in [0.29, 0.717) is 45.6 Å². The monoisotopic (exact) mass is 905 g/mol. The number of esters is 1. The average molecular weight is 906 g/mol. The number of rotatable bonds is 11. The number of ether oxygens (including phenoxy) is 3. The van der Waals surface area contributed by atoms with E-state index in [-0.39, 0.29) is 36.5 Å². The van der Waals surface area contributed by atoms with E-state index < -0.39 is 46.0 Å². The molecule has 2 aliphatic rings. The predicted molar refractivity (Wildman–Crippen MR) is 233 cm³/mol. The van der Waals surface area contributed by atoms with Gasteiger partial charge in [-0.05, 0) is 123 Å². The van der Waals surface area contributed by atoms with Gasteiger partial charge < -0.3 is 14.2 Å². The van der Waals surface area contributed by atoms with Crippen LogP contribution in [0.4, 0.5) is 30.0 Å². The van der Waals surface area contributed by atoms with Crippen molar-refractivity contribution in [2.24, 2.45) is 0 Å². The molecule has 19 heteroatoms. The fourth-order valence-corrected chi connectivity index (χ4v) is 8.02. The zero-order chi connectivity index (χ0) is 45.6. The van der Waals surface area contributed by atoms with Crippen LogP contribution < -0.4 is 9.80 Å². The van der Waals surface area contributed by atoms with Crippen LogP contribution in [0.5, 0.6) is 0 Å². The lowest BCUT2D eigenvalue weighted by atomic mass is 9.66. The molecule has 0 N–H and O–H groups in total. The maximum absolute atomic E-state index is 14.7. The maximum atomic E-state index is 14.7. The molecule has 0 aromatic carbocycles. The van der Waals surface area contributed by atoms with Crippen LogP contribution in [0.15, 0.2) is 67.1 Å². The number of anilines is 2. The Hall–Kier alpha value is -5.75. The highest BCUT2D eigenvalue weighted by molar-refractivity contribution is 7.16. The second-order valence-corrected chi connectivity index (χ2v) is 18.7. The Morgan fingerprint density at radius 3 is 1.59 bits per heavy atom. The minimum Gasteiger partial charge on any atom is -0.462 e. The predicted octanol–water partition coefficient (Wildman–Crippen LogP) is 9.70. The number of thiazole rings is 1. The lowest BCUT2D eigenvalue weighted by molar-refractivity contribution is 0.0527. The Morgan fingerprint density at radius 1 is 0.714 bits per heavy atom. The summed E-state index contributed by atoms with van der Waals surface area (Å²) in [6.07, 6.45) is 8.03. The van der Waals surface area contributed by atoms with Crippen molar-refractivity contribution in [3.05, 3.63) is 100 Å². The normalized spacial score (nSPS) is 15.1. The molecule has 2 fully saturated rings. The number of hydrogen-bond acceptors (Lipinski definition) is 14. The molecule has 0 radical (unpaired) electrons. The molecule has 5 heterocycles. The number of amides is 2. The highest BCUT2D eigenvalue weighted by Crippen LogP contribution is 2.46. The van der Waals surface area contributed by atoms with Gasteiger partial charge in [0.1, 0.15) is 38.4 Å². The van der Waals surface area contributed by atoms with Crippen LogP contribution in [0.25, 0.3) is 10.7 Å². The molecule has 334 valence electrons. The van der Waals surface area contributed by atoms with E-state index in [4.69, 9.17) is 25.8 Å². The van der Waals surface area contributed by atoms with Gasteiger partial charge in [-0.1, -0.05) is 24.4 Å². The number of carbonyl (C=O) groups excluding carboxylic acids is 3. The summed E-state index contributed by atoms with van der Waals surface area (Å²) in [6.45, 7) is 13.0. The summed E-state index contributed by atoms with van der Waals surface area (Å²) in [5.41, 5.74) is -1.50. The lowest BCUT2D eigenvalue weighted by Crippen LogP contribution is -2.50. The molecule has 63 heavy (non-hydrogen) atoms. The third-order valence-electron chi connectivity index (χ3n) is 10.3. The van der Waals surface area contributed by atoms with Gasteiger partial charge in [-0.15, -0.1) is 31.7 Å². The van der Waals surface area contributed by atoms with E-state index >= 15 is 0 Å². The third-order valence-corrected chi connectivity index (χ3v) is 11.5. The van der Waals surface area contributed by atoms with Crippen LogP contribution in [-0.4, -0.2) is 84.4 Å². The minimum absolute atomic E-state index is 0.147. The Bertz CT molecular complexity index is 2390. The van der Waals surface area contributed by atoms with Crippen LogP contribution in [0.2, 0.25) is 5.15 Å². The van der Waals surface area contributed by atoms with E-state index in [1.807, 2.05) is 0 Å². The van der Waals surface area contributed by atoms with Crippen LogP contribution in [0.3, 0.4) is 0 Å². The van der Waals surface area contributed by atoms with Crippen molar-refractivity contribution in [3.8, 4) is 10.7 Å². The van der Waals surface area contributed by atoms with Crippen LogP contribution >= 0.6 is 22.9 Å². The first-order valence-corrected chi connectivity index (χ1v) is 21.7. The van der Waals surface area contributed by atoms with Crippen molar-refractivity contribution in [2.75, 3.05) is 29.5 Å². The number of hydrogen-bond donors (Lipinski definition) is 0. The Labute approximate surface area is 373 Å². The smallest absolute Gasteiger partial charge is 0.416 e. The average Bonchev–Trinajstić information content (AvgIpc) is 3.69. The van der Waals surface area contributed by atoms with Crippen molar-refractivity contribution in [2.45, 2.75) is 109 Å². The topological polar surface area (TPSA) is 176 Å². The summed E-state index contributed by atoms with van der Waals surface area (Å²) in [5.74, 6) is -0.656. The molecule has 0 unspecified atom stereocenters. The Morgan fingerprint density at radius 2 is 1.21 bits per heavy atom. The van der Waals surface area contributed by atoms with Crippen molar-refractivity contribution in [1.82, 2.24) is 35.3 Å². The Balaban J connectivity index is 0.000000219. The summed E-state index contributed by atoms with van der Waals surface area (Å²) < 4.78 is 45.3. The molecule has 7 rings (SSSR count). The zero-order valence-corrected chi connectivity index (χ0v) is 37.8. The van der Waals surface area contributed by atoms with Crippen molar-refractivity contribution in [3.63, 3.8) is 0 Å². The molecule has 2 aliphatic carbocycles. The second-order valence-electron chi connectivity index (χ2n) is 17.3. The summed E-state index contributed by atoms with van der Waals surface area (Å²) in [5, 5.41) is 17.1. The quantitative estimate of drug-likeness (QED) is 0.0905. The van der Waals surface area contributed by atoms with E-state index in [2.05, 4.69) is 35.3 Å². The SMILES string of the molecule is CC(C)(C)OC(=O)N(CC1(c2ncccc2F)CCC1)c1ccc(Cl)nn1.CCOC(=O)c1cnc(-c2ccc(N(CC3(c4ncccc4F)CCC3)C(=O)OC(C)(C)C)nn2)s1. The first-order valence-electron chi connectivity index (χ1n) is 20.5. The van der Waals surface area contributed by atoms with Gasteiger partial charge in [0, 0.05) is 36.3 Å². The summed E-state index contributed by atoms with van der Waals surface area (Å²) in [6, 6.07) is 12.3. The molecule has 0 atom stereocenters. The maximum Gasteiger partial charge on any atom is 0.416 e. The molecule has 5 aromatic heterocycles. The van der Waals surface area contributed by atoms with Crippen LogP contribution in [-0.2, 0) is 25.0 Å². The van der Waals surface area contributed by atoms with Gasteiger partial charge in [-0.25, -0.2) is 28.1 Å². The summed E-state index contributed by atoms with van der Waals surface area (Å²) in [7, 11) is 0. The van der Waals surface area contributed by atoms with E-state index in [0.717, 1.165) is 37.0 Å². The van der Waals surface area contributed by atoms with E-state index in [1.165, 1.54) is 28.1 Å². The molecule has 2 amide bonds. The lowest BCUT2D eigenvalue weighted by Gasteiger charge is -2.44. The standard InChI is InChI=1S/C25H28FN5O4S.C19H22ClFN4O2/c1-5-34-22(32)18-14-28-21(36-18)17-9-10-19(30-29-17)31(23(33)35-24(2,3)4)15-25(11-7-12-25)20-16(26)8-6-13-27-20;1-18(2,3)27-17(26)25(15-8-7-14(20)23-24-15)12-19(9-5-10-19)16-13(21)6-4-11-22-16/h6,8-10,13-14H,5,7,11-12,15H2,1-4H3;4,6-8,11H,5,9-10,12H2,1-3H3. The highest BCUT2D eigenvalue weighted by Gasteiger charge is 2.47. The summed E-state index contributed by atoms with van der Waals surface area (Å²) in [4.78, 5) is 54.0. The highest BCUT2D eigenvalue weighted by atomic mass is 35.5. The van der Waals surface area contributed by atoms with Gasteiger partial charge >= 0.3 is 18.2 Å². The van der Waals surface area contributed by atoms with Gasteiger partial charge in [0.25, 0.3) is 0 Å². The number of aromatic nitrogens is 7. The number of nitrogens with zero attached hydrogens (tertiary/aromatic N) is 9. The van der Waals surface area contributed by atoms with E-state index in [9.17, 15) is 23.2 Å². The van der Waals surface area contributed by atoms with Gasteiger partial charge in [0.2, 0.25) is 0 Å². The molecule has 15 nitrogen and oxygen atoms in total. The minimum atomic E-state index is -0.740. The summed E-state index contributed by atoms with van der Waals surface area (Å²) >= 11 is 6.96. The molecular weight excluding hydrogens is 856 g/mol. The first-order chi connectivity index (χ1) is 29.8. The van der Waals surface area contributed by atoms with Crippen molar-refractivity contribution in [1.29, 1.82) is 0 Å². The fourth-order valence-electron chi connectivity index (χ4n) is 7.14. The zero-order valence-electron chi connectivity index (χ0n) is 36.2. The van der Waals surface area contributed by atoms with Crippen LogP contribution in [0, 0.1) is 11.6 Å². The fraction of sp³-hybridized carbons (Fsp3) is 0.455. The number of halogens is 3. The molecule has 0 bridgehead atoms. The molecular formula is C44H50ClF2N9O6S. The van der Waals surface area contributed by atoms with Crippen LogP contribution in [0.1, 0.15) is 108 Å². The molecule has 2 saturated carbocycles. The second kappa shape index (κ2) is 19.3. The first kappa shape index (κ1) is 46.7.